The summed E-state index contributed by atoms with van der Waals surface area (Å²) in [4.78, 5) is 15.6. The lowest BCUT2D eigenvalue weighted by Gasteiger charge is -2.51. The van der Waals surface area contributed by atoms with Crippen LogP contribution >= 0.6 is 0 Å². The van der Waals surface area contributed by atoms with Crippen molar-refractivity contribution in [3.8, 4) is 0 Å². The van der Waals surface area contributed by atoms with Gasteiger partial charge in [-0.2, -0.15) is 0 Å². The third-order valence-corrected chi connectivity index (χ3v) is 8.51. The number of rotatable bonds is 7. The Labute approximate surface area is 234 Å². The quantitative estimate of drug-likeness (QED) is 0.485. The molecular formula is C31H37NO8. The summed E-state index contributed by atoms with van der Waals surface area (Å²) in [6, 6.07) is 19.9. The summed E-state index contributed by atoms with van der Waals surface area (Å²) in [5, 5.41) is 0. The first-order chi connectivity index (χ1) is 19.2. The zero-order valence-electron chi connectivity index (χ0n) is 23.3. The van der Waals surface area contributed by atoms with Crippen molar-refractivity contribution in [3.05, 3.63) is 71.8 Å². The zero-order valence-corrected chi connectivity index (χ0v) is 23.3. The van der Waals surface area contributed by atoms with E-state index >= 15 is 0 Å². The van der Waals surface area contributed by atoms with Gasteiger partial charge in [-0.1, -0.05) is 60.7 Å². The third kappa shape index (κ3) is 4.67. The van der Waals surface area contributed by atoms with Gasteiger partial charge in [-0.05, 0) is 38.8 Å². The SMILES string of the molecule is CC1(C)O[C@@H]2[C@H](O1)[C@H]1OC(C)(C)O[C@H]1O[C@@H]2[C@@H]1C(=O)N2C[C@H](OCc3ccccc3)[C@@H](OCc3ccccc3)[C@H]12. The van der Waals surface area contributed by atoms with Gasteiger partial charge in [-0.3, -0.25) is 4.79 Å². The normalized spacial score (nSPS) is 39.0. The molecule has 0 unspecified atom stereocenters. The molecule has 1 amide bonds. The number of carbonyl (C=O) groups excluding carboxylic acids is 1. The molecule has 9 atom stereocenters. The molecule has 5 heterocycles. The van der Waals surface area contributed by atoms with E-state index in [-0.39, 0.29) is 24.2 Å². The van der Waals surface area contributed by atoms with Gasteiger partial charge in [0.2, 0.25) is 5.91 Å². The Kier molecular flexibility index (Phi) is 6.55. The Hall–Kier alpha value is -2.37. The molecule has 0 aliphatic carbocycles. The predicted molar refractivity (Wildman–Crippen MR) is 142 cm³/mol. The van der Waals surface area contributed by atoms with Gasteiger partial charge in [0.05, 0.1) is 25.2 Å². The molecule has 0 bridgehead atoms. The number of hydrogen-bond donors (Lipinski definition) is 0. The number of amides is 1. The highest BCUT2D eigenvalue weighted by molar-refractivity contribution is 5.88. The van der Waals surface area contributed by atoms with E-state index in [0.717, 1.165) is 11.1 Å². The van der Waals surface area contributed by atoms with Crippen LogP contribution in [0.2, 0.25) is 0 Å². The molecule has 0 saturated carbocycles. The van der Waals surface area contributed by atoms with Crippen molar-refractivity contribution >= 4 is 5.91 Å². The minimum Gasteiger partial charge on any atom is -0.369 e. The second-order valence-electron chi connectivity index (χ2n) is 12.2. The van der Waals surface area contributed by atoms with Crippen LogP contribution in [-0.2, 0) is 51.2 Å². The van der Waals surface area contributed by atoms with Crippen molar-refractivity contribution < 1.29 is 38.0 Å². The summed E-state index contributed by atoms with van der Waals surface area (Å²) in [7, 11) is 0. The van der Waals surface area contributed by atoms with Crippen LogP contribution in [0.5, 0.6) is 0 Å². The average molecular weight is 552 g/mol. The monoisotopic (exact) mass is 551 g/mol. The maximum Gasteiger partial charge on any atom is 0.231 e. The number of β-lactam (4-membered cyclic amide) rings is 1. The van der Waals surface area contributed by atoms with E-state index < -0.39 is 48.2 Å². The van der Waals surface area contributed by atoms with Crippen molar-refractivity contribution in [1.82, 2.24) is 4.90 Å². The van der Waals surface area contributed by atoms with E-state index in [1.54, 1.807) is 0 Å². The van der Waals surface area contributed by atoms with E-state index in [9.17, 15) is 4.79 Å². The van der Waals surface area contributed by atoms with Gasteiger partial charge >= 0.3 is 0 Å². The molecule has 0 N–H and O–H groups in total. The lowest BCUT2D eigenvalue weighted by Crippen LogP contribution is -2.70. The highest BCUT2D eigenvalue weighted by Crippen LogP contribution is 2.50. The van der Waals surface area contributed by atoms with E-state index in [0.29, 0.717) is 19.8 Å². The van der Waals surface area contributed by atoms with Crippen molar-refractivity contribution in [2.75, 3.05) is 6.54 Å². The van der Waals surface area contributed by atoms with Crippen molar-refractivity contribution in [3.63, 3.8) is 0 Å². The molecule has 0 aromatic heterocycles. The van der Waals surface area contributed by atoms with Gasteiger partial charge in [0.25, 0.3) is 0 Å². The smallest absolute Gasteiger partial charge is 0.231 e. The number of hydrogen-bond acceptors (Lipinski definition) is 8. The Morgan fingerprint density at radius 3 is 1.95 bits per heavy atom. The minimum absolute atomic E-state index is 0.0119. The van der Waals surface area contributed by atoms with Gasteiger partial charge in [0.15, 0.2) is 17.9 Å². The zero-order chi connectivity index (χ0) is 27.6. The molecule has 5 saturated heterocycles. The van der Waals surface area contributed by atoms with Gasteiger partial charge < -0.3 is 38.1 Å². The lowest BCUT2D eigenvalue weighted by molar-refractivity contribution is -0.258. The molecule has 7 rings (SSSR count). The van der Waals surface area contributed by atoms with Crippen LogP contribution in [-0.4, -0.2) is 77.9 Å². The van der Waals surface area contributed by atoms with Gasteiger partial charge in [-0.15, -0.1) is 0 Å². The number of carbonyl (C=O) groups is 1. The van der Waals surface area contributed by atoms with Crippen LogP contribution in [0.4, 0.5) is 0 Å². The summed E-state index contributed by atoms with van der Waals surface area (Å²) < 4.78 is 44.4. The van der Waals surface area contributed by atoms with Crippen molar-refractivity contribution in [2.24, 2.45) is 5.92 Å². The van der Waals surface area contributed by atoms with Gasteiger partial charge in [0, 0.05) is 6.54 Å². The molecule has 2 aromatic rings. The molecule has 214 valence electrons. The number of ether oxygens (including phenoxy) is 7. The summed E-state index contributed by atoms with van der Waals surface area (Å²) >= 11 is 0. The molecule has 5 aliphatic heterocycles. The summed E-state index contributed by atoms with van der Waals surface area (Å²) in [5.74, 6) is -2.14. The molecule has 2 aromatic carbocycles. The van der Waals surface area contributed by atoms with E-state index in [1.165, 1.54) is 0 Å². The van der Waals surface area contributed by atoms with Crippen LogP contribution in [0, 0.1) is 5.92 Å². The van der Waals surface area contributed by atoms with Crippen LogP contribution < -0.4 is 0 Å². The second-order valence-corrected chi connectivity index (χ2v) is 12.2. The highest BCUT2D eigenvalue weighted by atomic mass is 16.9. The minimum atomic E-state index is -0.839. The van der Waals surface area contributed by atoms with E-state index in [2.05, 4.69) is 0 Å². The number of fused-ring (bicyclic) bond motifs is 4. The van der Waals surface area contributed by atoms with Crippen molar-refractivity contribution in [2.45, 2.75) is 101 Å². The van der Waals surface area contributed by atoms with E-state index in [4.69, 9.17) is 33.2 Å². The molecule has 40 heavy (non-hydrogen) atoms. The molecule has 0 radical (unpaired) electrons. The van der Waals surface area contributed by atoms with Gasteiger partial charge in [-0.25, -0.2) is 0 Å². The Balaban J connectivity index is 1.15. The number of nitrogens with zero attached hydrogens (tertiary/aromatic N) is 1. The highest BCUT2D eigenvalue weighted by Gasteiger charge is 2.69. The first-order valence-electron chi connectivity index (χ1n) is 14.2. The standard InChI is InChI=1S/C31H37NO8/c1-30(2)37-25-24(36-29-27(26(25)38-30)39-31(3,4)40-29)21-22-23(35-17-19-13-9-6-10-14-19)20(15-32(22)28(21)33)34-16-18-11-7-5-8-12-18/h5-14,20-27,29H,15-17H2,1-4H3/t20-,21+,22-,23+,24+,25-,26-,27+,29+/m0/s1. The fraction of sp³-hybridized carbons (Fsp3) is 0.581. The first-order valence-corrected chi connectivity index (χ1v) is 14.2. The summed E-state index contributed by atoms with van der Waals surface area (Å²) in [5.41, 5.74) is 2.14. The largest absolute Gasteiger partial charge is 0.369 e. The van der Waals surface area contributed by atoms with Crippen LogP contribution in [0.15, 0.2) is 60.7 Å². The maximum absolute atomic E-state index is 13.7. The molecule has 5 fully saturated rings. The lowest BCUT2D eigenvalue weighted by atomic mass is 9.77. The molecule has 9 nitrogen and oxygen atoms in total. The summed E-state index contributed by atoms with van der Waals surface area (Å²) in [6.45, 7) is 8.79. The topological polar surface area (TPSA) is 84.9 Å². The molecule has 0 spiro atoms. The second kappa shape index (κ2) is 9.87. The Morgan fingerprint density at radius 2 is 1.30 bits per heavy atom. The number of benzene rings is 2. The van der Waals surface area contributed by atoms with Gasteiger partial charge in [0.1, 0.15) is 36.6 Å². The maximum atomic E-state index is 13.7. The first kappa shape index (κ1) is 26.5. The molecule has 5 aliphatic rings. The fourth-order valence-corrected chi connectivity index (χ4v) is 6.87. The predicted octanol–water partition coefficient (Wildman–Crippen LogP) is 3.39. The van der Waals surface area contributed by atoms with Crippen molar-refractivity contribution in [1.29, 1.82) is 0 Å². The summed E-state index contributed by atoms with van der Waals surface area (Å²) in [6.07, 6.45) is -3.19. The van der Waals surface area contributed by atoms with Crippen LogP contribution in [0.1, 0.15) is 38.8 Å². The molecule has 9 heteroatoms. The van der Waals surface area contributed by atoms with Crippen LogP contribution in [0.3, 0.4) is 0 Å². The van der Waals surface area contributed by atoms with E-state index in [1.807, 2.05) is 93.3 Å². The van der Waals surface area contributed by atoms with Crippen LogP contribution in [0.25, 0.3) is 0 Å². The fourth-order valence-electron chi connectivity index (χ4n) is 6.87. The Morgan fingerprint density at radius 1 is 0.750 bits per heavy atom. The Bertz CT molecular complexity index is 1220. The third-order valence-electron chi connectivity index (χ3n) is 8.51. The molecular weight excluding hydrogens is 514 g/mol. The average Bonchev–Trinajstić information content (AvgIpc) is 3.54.